The van der Waals surface area contributed by atoms with E-state index in [1.165, 1.54) is 44.3 Å². The molecule has 0 aromatic carbocycles. The van der Waals surface area contributed by atoms with E-state index in [0.29, 0.717) is 5.54 Å². The second kappa shape index (κ2) is 4.08. The van der Waals surface area contributed by atoms with Crippen molar-refractivity contribution in [2.24, 2.45) is 23.5 Å². The Kier molecular flexibility index (Phi) is 2.57. The van der Waals surface area contributed by atoms with Crippen LogP contribution in [0.2, 0.25) is 0 Å². The Labute approximate surface area is 115 Å². The van der Waals surface area contributed by atoms with E-state index in [-0.39, 0.29) is 6.04 Å². The van der Waals surface area contributed by atoms with Gasteiger partial charge in [0, 0.05) is 30.4 Å². The predicted octanol–water partition coefficient (Wildman–Crippen LogP) is 2.70. The summed E-state index contributed by atoms with van der Waals surface area (Å²) in [5.41, 5.74) is 6.39. The zero-order valence-corrected chi connectivity index (χ0v) is 11.9. The van der Waals surface area contributed by atoms with Gasteiger partial charge in [0.05, 0.1) is 0 Å². The lowest BCUT2D eigenvalue weighted by molar-refractivity contribution is -0.0444. The summed E-state index contributed by atoms with van der Waals surface area (Å²) >= 11 is 0. The van der Waals surface area contributed by atoms with Crippen molar-refractivity contribution in [3.05, 3.63) is 18.2 Å². The SMILES string of the molecule is CC(N)Cc1nccn1C12CC3CC(CC(C3)C1)C2. The predicted molar refractivity (Wildman–Crippen MR) is 75.7 cm³/mol. The highest BCUT2D eigenvalue weighted by atomic mass is 15.1. The van der Waals surface area contributed by atoms with Crippen molar-refractivity contribution in [2.75, 3.05) is 0 Å². The lowest BCUT2D eigenvalue weighted by atomic mass is 9.53. The molecule has 4 fully saturated rings. The smallest absolute Gasteiger partial charge is 0.110 e. The van der Waals surface area contributed by atoms with Crippen molar-refractivity contribution in [2.45, 2.75) is 63.5 Å². The quantitative estimate of drug-likeness (QED) is 0.907. The highest BCUT2D eigenvalue weighted by molar-refractivity contribution is 5.10. The molecule has 0 aliphatic heterocycles. The molecule has 0 radical (unpaired) electrons. The van der Waals surface area contributed by atoms with Crippen LogP contribution in [0.5, 0.6) is 0 Å². The first-order valence-corrected chi connectivity index (χ1v) is 7.93. The van der Waals surface area contributed by atoms with Crippen LogP contribution in [0.25, 0.3) is 0 Å². The summed E-state index contributed by atoms with van der Waals surface area (Å²) in [6.45, 7) is 2.08. The van der Waals surface area contributed by atoms with Crippen molar-refractivity contribution < 1.29 is 0 Å². The van der Waals surface area contributed by atoms with Crippen LogP contribution in [-0.2, 0) is 12.0 Å². The molecule has 1 aromatic rings. The van der Waals surface area contributed by atoms with Crippen LogP contribution in [0.1, 0.15) is 51.3 Å². The molecule has 0 saturated heterocycles. The molecule has 4 bridgehead atoms. The van der Waals surface area contributed by atoms with Gasteiger partial charge < -0.3 is 10.3 Å². The standard InChI is InChI=1S/C16H25N3/c1-11(17)4-15-18-2-3-19(15)16-8-12-5-13(9-16)7-14(6-12)10-16/h2-3,11-14H,4-10,17H2,1H3. The van der Waals surface area contributed by atoms with Crippen LogP contribution in [0.3, 0.4) is 0 Å². The van der Waals surface area contributed by atoms with Crippen LogP contribution in [0.4, 0.5) is 0 Å². The van der Waals surface area contributed by atoms with E-state index in [1.54, 1.807) is 0 Å². The minimum absolute atomic E-state index is 0.204. The van der Waals surface area contributed by atoms with Crippen molar-refractivity contribution >= 4 is 0 Å². The van der Waals surface area contributed by atoms with Gasteiger partial charge in [-0.25, -0.2) is 4.98 Å². The fourth-order valence-electron chi connectivity index (χ4n) is 5.57. The summed E-state index contributed by atoms with van der Waals surface area (Å²) in [5.74, 6) is 4.17. The number of aromatic nitrogens is 2. The van der Waals surface area contributed by atoms with Crippen molar-refractivity contribution in [3.63, 3.8) is 0 Å². The van der Waals surface area contributed by atoms with Gasteiger partial charge >= 0.3 is 0 Å². The molecule has 1 aromatic heterocycles. The Balaban J connectivity index is 1.70. The molecule has 1 heterocycles. The number of nitrogens with two attached hydrogens (primary N) is 1. The summed E-state index contributed by atoms with van der Waals surface area (Å²) in [4.78, 5) is 4.60. The number of rotatable bonds is 3. The normalized spacial score (nSPS) is 41.7. The van der Waals surface area contributed by atoms with Crippen LogP contribution in [0.15, 0.2) is 12.4 Å². The topological polar surface area (TPSA) is 43.8 Å². The maximum Gasteiger partial charge on any atom is 0.110 e. The van der Waals surface area contributed by atoms with Crippen molar-refractivity contribution in [1.29, 1.82) is 0 Å². The van der Waals surface area contributed by atoms with Gasteiger partial charge in [-0.05, 0) is 63.2 Å². The molecule has 19 heavy (non-hydrogen) atoms. The molecule has 0 amide bonds. The molecule has 1 unspecified atom stereocenters. The molecule has 5 rings (SSSR count). The largest absolute Gasteiger partial charge is 0.329 e. The van der Waals surface area contributed by atoms with E-state index >= 15 is 0 Å². The highest BCUT2D eigenvalue weighted by Crippen LogP contribution is 2.58. The fourth-order valence-corrected chi connectivity index (χ4v) is 5.57. The van der Waals surface area contributed by atoms with Gasteiger partial charge in [-0.15, -0.1) is 0 Å². The third-order valence-electron chi connectivity index (χ3n) is 5.74. The monoisotopic (exact) mass is 259 g/mol. The Morgan fingerprint density at radius 3 is 2.37 bits per heavy atom. The minimum atomic E-state index is 0.204. The summed E-state index contributed by atoms with van der Waals surface area (Å²) in [6.07, 6.45) is 13.8. The van der Waals surface area contributed by atoms with E-state index in [4.69, 9.17) is 5.73 Å². The highest BCUT2D eigenvalue weighted by Gasteiger charge is 2.52. The second-order valence-electron chi connectivity index (χ2n) is 7.54. The lowest BCUT2D eigenvalue weighted by Gasteiger charge is -2.57. The zero-order valence-electron chi connectivity index (χ0n) is 11.9. The summed E-state index contributed by atoms with van der Waals surface area (Å²) in [6, 6.07) is 0.204. The maximum absolute atomic E-state index is 5.99. The van der Waals surface area contributed by atoms with E-state index in [9.17, 15) is 0 Å². The first kappa shape index (κ1) is 12.0. The van der Waals surface area contributed by atoms with E-state index < -0.39 is 0 Å². The third-order valence-corrected chi connectivity index (χ3v) is 5.74. The van der Waals surface area contributed by atoms with Crippen LogP contribution in [-0.4, -0.2) is 15.6 Å². The molecule has 1 atom stereocenters. The zero-order chi connectivity index (χ0) is 13.0. The minimum Gasteiger partial charge on any atom is -0.329 e. The number of hydrogen-bond acceptors (Lipinski definition) is 2. The van der Waals surface area contributed by atoms with E-state index in [2.05, 4.69) is 22.7 Å². The van der Waals surface area contributed by atoms with Gasteiger partial charge in [-0.3, -0.25) is 0 Å². The Morgan fingerprint density at radius 2 is 1.84 bits per heavy atom. The summed E-state index contributed by atoms with van der Waals surface area (Å²) in [7, 11) is 0. The molecule has 3 heteroatoms. The number of imidazole rings is 1. The van der Waals surface area contributed by atoms with Crippen molar-refractivity contribution in [3.8, 4) is 0 Å². The molecule has 104 valence electrons. The lowest BCUT2D eigenvalue weighted by Crippen LogP contribution is -2.52. The van der Waals surface area contributed by atoms with Gasteiger partial charge in [-0.1, -0.05) is 0 Å². The first-order valence-electron chi connectivity index (χ1n) is 7.93. The molecule has 3 nitrogen and oxygen atoms in total. The Morgan fingerprint density at radius 1 is 1.26 bits per heavy atom. The average molecular weight is 259 g/mol. The Hall–Kier alpha value is -0.830. The molecular formula is C16H25N3. The van der Waals surface area contributed by atoms with E-state index in [1.807, 2.05) is 6.20 Å². The van der Waals surface area contributed by atoms with Gasteiger partial charge in [0.1, 0.15) is 5.82 Å². The number of nitrogens with zero attached hydrogens (tertiary/aromatic N) is 2. The van der Waals surface area contributed by atoms with Crippen molar-refractivity contribution in [1.82, 2.24) is 9.55 Å². The van der Waals surface area contributed by atoms with Gasteiger partial charge in [0.25, 0.3) is 0 Å². The Bertz CT molecular complexity index is 439. The van der Waals surface area contributed by atoms with Crippen LogP contribution < -0.4 is 5.73 Å². The second-order valence-corrected chi connectivity index (χ2v) is 7.54. The molecule has 4 saturated carbocycles. The molecule has 0 spiro atoms. The molecule has 4 aliphatic rings. The average Bonchev–Trinajstić information content (AvgIpc) is 2.74. The van der Waals surface area contributed by atoms with E-state index in [0.717, 1.165) is 24.2 Å². The first-order chi connectivity index (χ1) is 9.14. The molecule has 2 N–H and O–H groups in total. The maximum atomic E-state index is 5.99. The summed E-state index contributed by atoms with van der Waals surface area (Å²) < 4.78 is 2.53. The van der Waals surface area contributed by atoms with Crippen LogP contribution >= 0.6 is 0 Å². The van der Waals surface area contributed by atoms with Crippen LogP contribution in [0, 0.1) is 17.8 Å². The molecule has 4 aliphatic carbocycles. The van der Waals surface area contributed by atoms with Gasteiger partial charge in [0.15, 0.2) is 0 Å². The molecular weight excluding hydrogens is 234 g/mol. The fraction of sp³-hybridized carbons (Fsp3) is 0.812. The summed E-state index contributed by atoms with van der Waals surface area (Å²) in [5, 5.41) is 0. The van der Waals surface area contributed by atoms with Gasteiger partial charge in [-0.2, -0.15) is 0 Å². The van der Waals surface area contributed by atoms with Gasteiger partial charge in [0.2, 0.25) is 0 Å². The number of hydrogen-bond donors (Lipinski definition) is 1. The third kappa shape index (κ3) is 1.85.